The highest BCUT2D eigenvalue weighted by Gasteiger charge is 2.02. The van der Waals surface area contributed by atoms with Gasteiger partial charge in [0, 0.05) is 19.6 Å². The molecule has 1 amide bonds. The zero-order chi connectivity index (χ0) is 13.9. The Kier molecular flexibility index (Phi) is 7.66. The number of hydrogen-bond acceptors (Lipinski definition) is 3. The van der Waals surface area contributed by atoms with Gasteiger partial charge in [0.2, 0.25) is 5.91 Å². The third-order valence-corrected chi connectivity index (χ3v) is 2.81. The molecule has 106 valence electrons. The van der Waals surface area contributed by atoms with E-state index < -0.39 is 0 Å². The van der Waals surface area contributed by atoms with Crippen molar-refractivity contribution in [1.29, 1.82) is 0 Å². The van der Waals surface area contributed by atoms with Crippen LogP contribution in [0.4, 0.5) is 0 Å². The molecule has 1 rings (SSSR count). The monoisotopic (exact) mass is 265 g/mol. The number of hydrogen-bond donors (Lipinski definition) is 2. The first-order valence-electron chi connectivity index (χ1n) is 6.80. The molecular formula is C15H23NO3. The summed E-state index contributed by atoms with van der Waals surface area (Å²) in [6.07, 6.45) is 2.74. The molecule has 1 aromatic rings. The van der Waals surface area contributed by atoms with Crippen LogP contribution in [-0.2, 0) is 4.79 Å². The lowest BCUT2D eigenvalue weighted by Crippen LogP contribution is -2.24. The van der Waals surface area contributed by atoms with Gasteiger partial charge in [-0.15, -0.1) is 0 Å². The maximum absolute atomic E-state index is 11.5. The van der Waals surface area contributed by atoms with Crippen LogP contribution in [-0.4, -0.2) is 30.8 Å². The Hall–Kier alpha value is -1.55. The van der Waals surface area contributed by atoms with Crippen molar-refractivity contribution >= 4 is 5.91 Å². The molecule has 19 heavy (non-hydrogen) atoms. The third kappa shape index (κ3) is 6.82. The van der Waals surface area contributed by atoms with Crippen molar-refractivity contribution in [3.05, 3.63) is 29.8 Å². The summed E-state index contributed by atoms with van der Waals surface area (Å²) in [7, 11) is 0. The number of unbranched alkanes of at least 4 members (excludes halogenated alkanes) is 1. The zero-order valence-corrected chi connectivity index (χ0v) is 11.5. The van der Waals surface area contributed by atoms with Gasteiger partial charge in [0.1, 0.15) is 5.75 Å². The van der Waals surface area contributed by atoms with Gasteiger partial charge in [0.05, 0.1) is 6.61 Å². The Balaban J connectivity index is 2.07. The average Bonchev–Trinajstić information content (AvgIpc) is 2.41. The summed E-state index contributed by atoms with van der Waals surface area (Å²) < 4.78 is 5.62. The van der Waals surface area contributed by atoms with Crippen molar-refractivity contribution < 1.29 is 14.6 Å². The van der Waals surface area contributed by atoms with Crippen LogP contribution in [0.25, 0.3) is 0 Å². The fraction of sp³-hybridized carbons (Fsp3) is 0.533. The highest BCUT2D eigenvalue weighted by Crippen LogP contribution is 2.16. The average molecular weight is 265 g/mol. The van der Waals surface area contributed by atoms with Crippen LogP contribution in [0.5, 0.6) is 5.75 Å². The smallest absolute Gasteiger partial charge is 0.220 e. The van der Waals surface area contributed by atoms with Gasteiger partial charge in [-0.25, -0.2) is 0 Å². The fourth-order valence-electron chi connectivity index (χ4n) is 1.69. The molecule has 0 aromatic heterocycles. The second-order valence-corrected chi connectivity index (χ2v) is 4.50. The van der Waals surface area contributed by atoms with E-state index in [0.29, 0.717) is 26.0 Å². The molecule has 0 saturated carbocycles. The van der Waals surface area contributed by atoms with E-state index in [1.807, 2.05) is 31.2 Å². The predicted molar refractivity (Wildman–Crippen MR) is 75.2 cm³/mol. The van der Waals surface area contributed by atoms with Crippen LogP contribution in [0.3, 0.4) is 0 Å². The van der Waals surface area contributed by atoms with E-state index >= 15 is 0 Å². The summed E-state index contributed by atoms with van der Waals surface area (Å²) in [4.78, 5) is 11.5. The predicted octanol–water partition coefficient (Wildman–Crippen LogP) is 2.04. The third-order valence-electron chi connectivity index (χ3n) is 2.81. The first-order valence-corrected chi connectivity index (χ1v) is 6.80. The van der Waals surface area contributed by atoms with Gasteiger partial charge in [-0.3, -0.25) is 4.79 Å². The van der Waals surface area contributed by atoms with E-state index in [9.17, 15) is 4.79 Å². The lowest BCUT2D eigenvalue weighted by molar-refractivity contribution is -0.121. The minimum Gasteiger partial charge on any atom is -0.493 e. The number of aryl methyl sites for hydroxylation is 1. The molecule has 0 aliphatic rings. The first kappa shape index (κ1) is 15.5. The van der Waals surface area contributed by atoms with Crippen molar-refractivity contribution in [3.8, 4) is 5.75 Å². The van der Waals surface area contributed by atoms with Gasteiger partial charge in [0.15, 0.2) is 0 Å². The summed E-state index contributed by atoms with van der Waals surface area (Å²) in [5.41, 5.74) is 1.11. The molecular weight excluding hydrogens is 242 g/mol. The molecule has 0 unspecified atom stereocenters. The minimum absolute atomic E-state index is 0.0475. The van der Waals surface area contributed by atoms with Crippen molar-refractivity contribution in [1.82, 2.24) is 5.32 Å². The van der Waals surface area contributed by atoms with E-state index in [2.05, 4.69) is 5.32 Å². The normalized spacial score (nSPS) is 10.2. The summed E-state index contributed by atoms with van der Waals surface area (Å²) in [6.45, 7) is 3.37. The number of aliphatic hydroxyl groups is 1. The molecule has 0 atom stereocenters. The summed E-state index contributed by atoms with van der Waals surface area (Å²) in [6, 6.07) is 7.85. The fourth-order valence-corrected chi connectivity index (χ4v) is 1.69. The quantitative estimate of drug-likeness (QED) is 0.672. The summed E-state index contributed by atoms with van der Waals surface area (Å²) >= 11 is 0. The van der Waals surface area contributed by atoms with Gasteiger partial charge in [-0.05, 0) is 37.8 Å². The second-order valence-electron chi connectivity index (χ2n) is 4.50. The molecule has 4 nitrogen and oxygen atoms in total. The second kappa shape index (κ2) is 9.39. The molecule has 0 aliphatic heterocycles. The number of carbonyl (C=O) groups is 1. The molecule has 0 spiro atoms. The van der Waals surface area contributed by atoms with E-state index in [0.717, 1.165) is 24.2 Å². The van der Waals surface area contributed by atoms with Gasteiger partial charge in [0.25, 0.3) is 0 Å². The summed E-state index contributed by atoms with van der Waals surface area (Å²) in [5, 5.41) is 11.4. The highest BCUT2D eigenvalue weighted by atomic mass is 16.5. The SMILES string of the molecule is Cc1ccccc1OCCCC(=O)NCCCCO. The Bertz CT molecular complexity index is 379. The number of para-hydroxylation sites is 1. The van der Waals surface area contributed by atoms with Crippen molar-refractivity contribution in [2.75, 3.05) is 19.8 Å². The Morgan fingerprint density at radius 3 is 2.79 bits per heavy atom. The molecule has 0 heterocycles. The summed E-state index contributed by atoms with van der Waals surface area (Å²) in [5.74, 6) is 0.928. The van der Waals surface area contributed by atoms with Crippen LogP contribution >= 0.6 is 0 Å². The van der Waals surface area contributed by atoms with Crippen molar-refractivity contribution in [2.45, 2.75) is 32.6 Å². The number of rotatable bonds is 9. The Morgan fingerprint density at radius 1 is 1.26 bits per heavy atom. The minimum atomic E-state index is 0.0475. The van der Waals surface area contributed by atoms with Gasteiger partial charge in [-0.1, -0.05) is 18.2 Å². The standard InChI is InChI=1S/C15H23NO3/c1-13-7-2-3-8-14(13)19-12-6-9-15(18)16-10-4-5-11-17/h2-3,7-8,17H,4-6,9-12H2,1H3,(H,16,18). The maximum Gasteiger partial charge on any atom is 0.220 e. The molecule has 0 bridgehead atoms. The molecule has 0 saturated heterocycles. The molecule has 4 heteroatoms. The lowest BCUT2D eigenvalue weighted by atomic mass is 10.2. The van der Waals surface area contributed by atoms with Crippen molar-refractivity contribution in [2.24, 2.45) is 0 Å². The molecule has 0 fully saturated rings. The number of ether oxygens (including phenoxy) is 1. The van der Waals surface area contributed by atoms with Gasteiger partial charge < -0.3 is 15.2 Å². The lowest BCUT2D eigenvalue weighted by Gasteiger charge is -2.08. The van der Waals surface area contributed by atoms with Crippen LogP contribution < -0.4 is 10.1 Å². The Morgan fingerprint density at radius 2 is 2.05 bits per heavy atom. The van der Waals surface area contributed by atoms with Gasteiger partial charge in [-0.2, -0.15) is 0 Å². The number of amides is 1. The van der Waals surface area contributed by atoms with E-state index in [1.54, 1.807) is 0 Å². The van der Waals surface area contributed by atoms with Crippen LogP contribution in [0, 0.1) is 6.92 Å². The topological polar surface area (TPSA) is 58.6 Å². The zero-order valence-electron chi connectivity index (χ0n) is 11.5. The molecule has 1 aromatic carbocycles. The van der Waals surface area contributed by atoms with Crippen molar-refractivity contribution in [3.63, 3.8) is 0 Å². The van der Waals surface area contributed by atoms with Crippen LogP contribution in [0.1, 0.15) is 31.2 Å². The van der Waals surface area contributed by atoms with Gasteiger partial charge >= 0.3 is 0 Å². The largest absolute Gasteiger partial charge is 0.493 e. The highest BCUT2D eigenvalue weighted by molar-refractivity contribution is 5.75. The van der Waals surface area contributed by atoms with E-state index in [4.69, 9.17) is 9.84 Å². The molecule has 0 radical (unpaired) electrons. The first-order chi connectivity index (χ1) is 9.24. The number of benzene rings is 1. The molecule has 2 N–H and O–H groups in total. The van der Waals surface area contributed by atoms with Crippen LogP contribution in [0.15, 0.2) is 24.3 Å². The van der Waals surface area contributed by atoms with E-state index in [-0.39, 0.29) is 12.5 Å². The van der Waals surface area contributed by atoms with E-state index in [1.165, 1.54) is 0 Å². The number of nitrogens with one attached hydrogen (secondary N) is 1. The molecule has 0 aliphatic carbocycles. The number of aliphatic hydroxyl groups excluding tert-OH is 1. The Labute approximate surface area is 114 Å². The number of carbonyl (C=O) groups excluding carboxylic acids is 1. The van der Waals surface area contributed by atoms with Crippen LogP contribution in [0.2, 0.25) is 0 Å². The maximum atomic E-state index is 11.5.